The van der Waals surface area contributed by atoms with E-state index in [9.17, 15) is 12.8 Å². The fraction of sp³-hybridized carbons (Fsp3) is 0.538. The van der Waals surface area contributed by atoms with Crippen LogP contribution >= 0.6 is 0 Å². The molecule has 0 spiro atoms. The fourth-order valence-electron chi connectivity index (χ4n) is 1.41. The first kappa shape index (κ1) is 15.9. The molecule has 0 bridgehead atoms. The third-order valence-corrected chi connectivity index (χ3v) is 4.34. The number of anilines is 1. The molecule has 0 aliphatic heterocycles. The summed E-state index contributed by atoms with van der Waals surface area (Å²) < 4.78 is 42.3. The Morgan fingerprint density at radius 1 is 1.32 bits per heavy atom. The molecule has 1 aromatic rings. The second-order valence-electron chi connectivity index (χ2n) is 4.80. The predicted octanol–water partition coefficient (Wildman–Crippen LogP) is 2.24. The maximum absolute atomic E-state index is 13.2. The van der Waals surface area contributed by atoms with E-state index >= 15 is 0 Å². The van der Waals surface area contributed by atoms with Crippen LogP contribution in [0.4, 0.5) is 10.1 Å². The normalized spacial score (nSPS) is 12.0. The summed E-state index contributed by atoms with van der Waals surface area (Å²) >= 11 is 0. The minimum absolute atomic E-state index is 0.0628. The van der Waals surface area contributed by atoms with Crippen molar-refractivity contribution in [1.29, 1.82) is 0 Å². The number of benzene rings is 1. The van der Waals surface area contributed by atoms with E-state index in [4.69, 9.17) is 10.5 Å². The summed E-state index contributed by atoms with van der Waals surface area (Å²) in [6, 6.07) is 3.50. The summed E-state index contributed by atoms with van der Waals surface area (Å²) in [6.45, 7) is 4.78. The molecule has 2 N–H and O–H groups in total. The Morgan fingerprint density at radius 3 is 2.58 bits per heavy atom. The number of rotatable bonds is 7. The molecular weight excluding hydrogens is 269 g/mol. The molecule has 1 rings (SSSR count). The highest BCUT2D eigenvalue weighted by molar-refractivity contribution is 7.91. The van der Waals surface area contributed by atoms with Gasteiger partial charge in [-0.3, -0.25) is 0 Å². The number of nitrogen functional groups attached to an aromatic ring is 1. The zero-order valence-electron chi connectivity index (χ0n) is 11.2. The molecule has 19 heavy (non-hydrogen) atoms. The van der Waals surface area contributed by atoms with Crippen molar-refractivity contribution in [1.82, 2.24) is 0 Å². The molecule has 108 valence electrons. The molecule has 0 atom stereocenters. The summed E-state index contributed by atoms with van der Waals surface area (Å²) in [7, 11) is -3.52. The van der Waals surface area contributed by atoms with E-state index in [2.05, 4.69) is 13.8 Å². The molecule has 0 heterocycles. The van der Waals surface area contributed by atoms with Gasteiger partial charge in [-0.15, -0.1) is 0 Å². The van der Waals surface area contributed by atoms with Gasteiger partial charge in [0.15, 0.2) is 9.84 Å². The molecule has 0 saturated carbocycles. The van der Waals surface area contributed by atoms with Crippen LogP contribution in [-0.4, -0.2) is 27.4 Å². The van der Waals surface area contributed by atoms with Crippen molar-refractivity contribution in [3.05, 3.63) is 24.0 Å². The Hall–Kier alpha value is -1.14. The summed E-state index contributed by atoms with van der Waals surface area (Å²) in [5, 5.41) is 0. The second-order valence-corrected chi connectivity index (χ2v) is 6.91. The maximum Gasteiger partial charge on any atom is 0.180 e. The number of sulfone groups is 1. The minimum Gasteiger partial charge on any atom is -0.396 e. The molecule has 0 amide bonds. The third-order valence-electron chi connectivity index (χ3n) is 2.67. The van der Waals surface area contributed by atoms with Crippen LogP contribution in [0.25, 0.3) is 0 Å². The molecule has 0 saturated heterocycles. The predicted molar refractivity (Wildman–Crippen MR) is 73.1 cm³/mol. The molecule has 0 aromatic heterocycles. The summed E-state index contributed by atoms with van der Waals surface area (Å²) in [6.07, 6.45) is 0.885. The number of nitrogens with two attached hydrogens (primary N) is 1. The van der Waals surface area contributed by atoms with E-state index in [1.165, 1.54) is 12.1 Å². The van der Waals surface area contributed by atoms with Gasteiger partial charge in [0.25, 0.3) is 0 Å². The van der Waals surface area contributed by atoms with Crippen molar-refractivity contribution in [2.75, 3.05) is 24.7 Å². The molecule has 0 aliphatic carbocycles. The van der Waals surface area contributed by atoms with Gasteiger partial charge >= 0.3 is 0 Å². The second kappa shape index (κ2) is 6.86. The maximum atomic E-state index is 13.2. The van der Waals surface area contributed by atoms with Gasteiger partial charge < -0.3 is 10.5 Å². The van der Waals surface area contributed by atoms with Crippen LogP contribution in [0.5, 0.6) is 0 Å². The molecule has 6 heteroatoms. The Kier molecular flexibility index (Phi) is 5.75. The van der Waals surface area contributed by atoms with Crippen molar-refractivity contribution in [3.63, 3.8) is 0 Å². The highest BCUT2D eigenvalue weighted by atomic mass is 32.2. The van der Waals surface area contributed by atoms with Gasteiger partial charge in [-0.2, -0.15) is 0 Å². The average molecular weight is 289 g/mol. The zero-order chi connectivity index (χ0) is 14.5. The lowest BCUT2D eigenvalue weighted by Gasteiger charge is -2.08. The standard InChI is InChI=1S/C13H20FNO3S/c1-10(2)5-6-18-7-8-19(16,17)11-3-4-13(15)12(14)9-11/h3-4,9-10H,5-8,15H2,1-2H3. The average Bonchev–Trinajstić information content (AvgIpc) is 2.31. The number of hydrogen-bond acceptors (Lipinski definition) is 4. The number of halogens is 1. The Morgan fingerprint density at radius 2 is 2.00 bits per heavy atom. The van der Waals surface area contributed by atoms with E-state index in [0.717, 1.165) is 12.5 Å². The highest BCUT2D eigenvalue weighted by Crippen LogP contribution is 2.17. The minimum atomic E-state index is -3.52. The van der Waals surface area contributed by atoms with Gasteiger partial charge in [0.2, 0.25) is 0 Å². The van der Waals surface area contributed by atoms with Crippen molar-refractivity contribution in [2.24, 2.45) is 5.92 Å². The molecule has 1 aromatic carbocycles. The van der Waals surface area contributed by atoms with E-state index in [-0.39, 0.29) is 22.9 Å². The van der Waals surface area contributed by atoms with Crippen molar-refractivity contribution in [3.8, 4) is 0 Å². The first-order valence-corrected chi connectivity index (χ1v) is 7.83. The van der Waals surface area contributed by atoms with Crippen LogP contribution in [0, 0.1) is 11.7 Å². The number of ether oxygens (including phenoxy) is 1. The molecule has 0 radical (unpaired) electrons. The summed E-state index contributed by atoms with van der Waals surface area (Å²) in [4.78, 5) is -0.0633. The van der Waals surface area contributed by atoms with Gasteiger partial charge in [0, 0.05) is 6.61 Å². The van der Waals surface area contributed by atoms with Gasteiger partial charge in [-0.25, -0.2) is 12.8 Å². The summed E-state index contributed by atoms with van der Waals surface area (Å²) in [5.41, 5.74) is 5.24. The fourth-order valence-corrected chi connectivity index (χ4v) is 2.54. The van der Waals surface area contributed by atoms with Gasteiger partial charge in [0.1, 0.15) is 5.82 Å². The molecular formula is C13H20FNO3S. The van der Waals surface area contributed by atoms with Crippen molar-refractivity contribution in [2.45, 2.75) is 25.2 Å². The van der Waals surface area contributed by atoms with Crippen LogP contribution in [-0.2, 0) is 14.6 Å². The summed E-state index contributed by atoms with van der Waals surface area (Å²) in [5.74, 6) is -0.362. The van der Waals surface area contributed by atoms with E-state index in [1.807, 2.05) is 0 Å². The SMILES string of the molecule is CC(C)CCOCCS(=O)(=O)c1ccc(N)c(F)c1. The first-order chi connectivity index (χ1) is 8.83. The van der Waals surface area contributed by atoms with Gasteiger partial charge in [-0.1, -0.05) is 13.8 Å². The van der Waals surface area contributed by atoms with Crippen molar-refractivity contribution >= 4 is 15.5 Å². The molecule has 0 unspecified atom stereocenters. The largest absolute Gasteiger partial charge is 0.396 e. The van der Waals surface area contributed by atoms with Crippen LogP contribution in [0.15, 0.2) is 23.1 Å². The third kappa shape index (κ3) is 5.16. The van der Waals surface area contributed by atoms with E-state index in [0.29, 0.717) is 12.5 Å². The lowest BCUT2D eigenvalue weighted by Crippen LogP contribution is -2.14. The topological polar surface area (TPSA) is 69.4 Å². The monoisotopic (exact) mass is 289 g/mol. The smallest absolute Gasteiger partial charge is 0.180 e. The van der Waals surface area contributed by atoms with Crippen LogP contribution in [0.2, 0.25) is 0 Å². The first-order valence-electron chi connectivity index (χ1n) is 6.18. The Labute approximate surface area is 113 Å². The molecule has 4 nitrogen and oxygen atoms in total. The quantitative estimate of drug-likeness (QED) is 0.617. The van der Waals surface area contributed by atoms with Crippen molar-refractivity contribution < 1.29 is 17.5 Å². The van der Waals surface area contributed by atoms with Crippen LogP contribution < -0.4 is 5.73 Å². The van der Waals surface area contributed by atoms with Crippen LogP contribution in [0.3, 0.4) is 0 Å². The van der Waals surface area contributed by atoms with E-state index in [1.54, 1.807) is 0 Å². The Bertz CT molecular complexity index is 515. The molecule has 0 aliphatic rings. The lowest BCUT2D eigenvalue weighted by atomic mass is 10.1. The lowest BCUT2D eigenvalue weighted by molar-refractivity contribution is 0.137. The van der Waals surface area contributed by atoms with Gasteiger partial charge in [-0.05, 0) is 30.5 Å². The zero-order valence-corrected chi connectivity index (χ0v) is 12.0. The Balaban J connectivity index is 2.54. The molecule has 0 fully saturated rings. The van der Waals surface area contributed by atoms with Crippen LogP contribution in [0.1, 0.15) is 20.3 Å². The highest BCUT2D eigenvalue weighted by Gasteiger charge is 2.15. The number of hydrogen-bond donors (Lipinski definition) is 1. The van der Waals surface area contributed by atoms with E-state index < -0.39 is 15.7 Å². The van der Waals surface area contributed by atoms with Gasteiger partial charge in [0.05, 0.1) is 22.9 Å².